The fraction of sp³-hybridized carbons (Fsp3) is 0.500. The molecule has 5 heteroatoms. The highest BCUT2D eigenvalue weighted by Gasteiger charge is 2.17. The van der Waals surface area contributed by atoms with Gasteiger partial charge in [-0.05, 0) is 32.4 Å². The number of rotatable bonds is 4. The van der Waals surface area contributed by atoms with Crippen molar-refractivity contribution in [2.75, 3.05) is 11.9 Å². The molecule has 0 saturated heterocycles. The third-order valence-electron chi connectivity index (χ3n) is 2.38. The van der Waals surface area contributed by atoms with E-state index in [0.29, 0.717) is 12.1 Å². The predicted molar refractivity (Wildman–Crippen MR) is 75.1 cm³/mol. The van der Waals surface area contributed by atoms with Crippen LogP contribution in [0.1, 0.15) is 26.3 Å². The number of carbonyl (C=O) groups is 1. The summed E-state index contributed by atoms with van der Waals surface area (Å²) in [6, 6.07) is 7.26. The van der Waals surface area contributed by atoms with Crippen LogP contribution in [0.5, 0.6) is 0 Å². The predicted octanol–water partition coefficient (Wildman–Crippen LogP) is 1.90. The van der Waals surface area contributed by atoms with Gasteiger partial charge in [0.15, 0.2) is 0 Å². The lowest BCUT2D eigenvalue weighted by Crippen LogP contribution is -2.28. The van der Waals surface area contributed by atoms with Crippen LogP contribution < -0.4 is 11.1 Å². The van der Waals surface area contributed by atoms with Gasteiger partial charge in [0.05, 0.1) is 6.10 Å². The van der Waals surface area contributed by atoms with Crippen LogP contribution in [0.15, 0.2) is 24.3 Å². The van der Waals surface area contributed by atoms with Gasteiger partial charge < -0.3 is 15.6 Å². The van der Waals surface area contributed by atoms with Crippen LogP contribution in [-0.2, 0) is 11.2 Å². The van der Waals surface area contributed by atoms with Crippen LogP contribution in [0.25, 0.3) is 0 Å². The molecule has 0 heterocycles. The summed E-state index contributed by atoms with van der Waals surface area (Å²) in [5.74, 6) is 0. The number of carbonyl (C=O) groups excluding carboxylic acids is 1. The van der Waals surface area contributed by atoms with E-state index in [1.807, 2.05) is 18.2 Å². The molecule has 19 heavy (non-hydrogen) atoms. The molecule has 0 spiro atoms. The molecule has 5 nitrogen and oxygen atoms in total. The summed E-state index contributed by atoms with van der Waals surface area (Å²) in [6.45, 7) is 5.59. The van der Waals surface area contributed by atoms with Crippen LogP contribution in [0, 0.1) is 0 Å². The van der Waals surface area contributed by atoms with E-state index in [1.165, 1.54) is 0 Å². The number of anilines is 1. The molecule has 0 aromatic heterocycles. The molecule has 0 aliphatic carbocycles. The molecule has 1 atom stereocenters. The zero-order valence-corrected chi connectivity index (χ0v) is 11.6. The molecule has 1 aromatic carbocycles. The number of ether oxygens (including phenoxy) is 1. The van der Waals surface area contributed by atoms with E-state index in [4.69, 9.17) is 10.5 Å². The zero-order valence-electron chi connectivity index (χ0n) is 11.6. The smallest absolute Gasteiger partial charge is 0.412 e. The average Bonchev–Trinajstić information content (AvgIpc) is 2.29. The van der Waals surface area contributed by atoms with Gasteiger partial charge in [-0.2, -0.15) is 0 Å². The average molecular weight is 266 g/mol. The summed E-state index contributed by atoms with van der Waals surface area (Å²) in [6.07, 6.45) is -0.744. The first-order valence-electron chi connectivity index (χ1n) is 6.28. The summed E-state index contributed by atoms with van der Waals surface area (Å²) in [5.41, 5.74) is 6.30. The topological polar surface area (TPSA) is 84.6 Å². The Balaban J connectivity index is 2.75. The highest BCUT2D eigenvalue weighted by Crippen LogP contribution is 2.18. The van der Waals surface area contributed by atoms with E-state index in [-0.39, 0.29) is 6.54 Å². The highest BCUT2D eigenvalue weighted by molar-refractivity contribution is 5.85. The molecule has 1 amide bonds. The third kappa shape index (κ3) is 5.72. The van der Waals surface area contributed by atoms with Crippen molar-refractivity contribution in [2.24, 2.45) is 5.73 Å². The fourth-order valence-electron chi connectivity index (χ4n) is 1.57. The minimum atomic E-state index is -0.624. The zero-order chi connectivity index (χ0) is 14.5. The second kappa shape index (κ2) is 6.54. The van der Waals surface area contributed by atoms with Crippen molar-refractivity contribution in [3.05, 3.63) is 29.8 Å². The Morgan fingerprint density at radius 2 is 2.05 bits per heavy atom. The molecule has 4 N–H and O–H groups in total. The van der Waals surface area contributed by atoms with Crippen molar-refractivity contribution >= 4 is 11.8 Å². The van der Waals surface area contributed by atoms with Crippen molar-refractivity contribution in [3.63, 3.8) is 0 Å². The van der Waals surface area contributed by atoms with Gasteiger partial charge >= 0.3 is 6.09 Å². The fourth-order valence-corrected chi connectivity index (χ4v) is 1.57. The maximum absolute atomic E-state index is 11.7. The quantitative estimate of drug-likeness (QED) is 0.777. The molecular weight excluding hydrogens is 244 g/mol. The third-order valence-corrected chi connectivity index (χ3v) is 2.38. The van der Waals surface area contributed by atoms with Gasteiger partial charge in [-0.3, -0.25) is 5.32 Å². The van der Waals surface area contributed by atoms with Gasteiger partial charge in [-0.1, -0.05) is 18.2 Å². The van der Waals surface area contributed by atoms with E-state index in [2.05, 4.69) is 5.32 Å². The highest BCUT2D eigenvalue weighted by atomic mass is 16.6. The SMILES string of the molecule is CC(C)(C)OC(=O)Nc1ccccc1CC(O)CN. The number of para-hydroxylation sites is 1. The number of hydrogen-bond acceptors (Lipinski definition) is 4. The van der Waals surface area contributed by atoms with E-state index < -0.39 is 17.8 Å². The first kappa shape index (κ1) is 15.5. The van der Waals surface area contributed by atoms with Crippen LogP contribution >= 0.6 is 0 Å². The second-order valence-corrected chi connectivity index (χ2v) is 5.38. The first-order valence-corrected chi connectivity index (χ1v) is 6.28. The molecule has 0 radical (unpaired) electrons. The second-order valence-electron chi connectivity index (χ2n) is 5.38. The van der Waals surface area contributed by atoms with Gasteiger partial charge in [-0.25, -0.2) is 4.79 Å². The van der Waals surface area contributed by atoms with E-state index >= 15 is 0 Å². The number of nitrogens with one attached hydrogen (secondary N) is 1. The standard InChI is InChI=1S/C14H22N2O3/c1-14(2,3)19-13(18)16-12-7-5-4-6-10(12)8-11(17)9-15/h4-7,11,17H,8-9,15H2,1-3H3,(H,16,18). The summed E-state index contributed by atoms with van der Waals surface area (Å²) >= 11 is 0. The Morgan fingerprint density at radius 3 is 2.63 bits per heavy atom. The summed E-state index contributed by atoms with van der Waals surface area (Å²) in [5, 5.41) is 12.3. The van der Waals surface area contributed by atoms with Gasteiger partial charge in [0.1, 0.15) is 5.60 Å². The van der Waals surface area contributed by atoms with Crippen LogP contribution in [0.3, 0.4) is 0 Å². The number of aliphatic hydroxyl groups is 1. The molecule has 0 fully saturated rings. The maximum atomic E-state index is 11.7. The number of amides is 1. The Morgan fingerprint density at radius 1 is 1.42 bits per heavy atom. The Kier molecular flexibility index (Phi) is 5.32. The first-order chi connectivity index (χ1) is 8.81. The molecule has 0 aliphatic rings. The van der Waals surface area contributed by atoms with Crippen molar-refractivity contribution < 1.29 is 14.6 Å². The lowest BCUT2D eigenvalue weighted by Gasteiger charge is -2.20. The van der Waals surface area contributed by atoms with E-state index in [1.54, 1.807) is 26.8 Å². The Bertz CT molecular complexity index is 427. The number of nitrogens with two attached hydrogens (primary N) is 1. The number of aliphatic hydroxyl groups excluding tert-OH is 1. The minimum Gasteiger partial charge on any atom is -0.444 e. The van der Waals surface area contributed by atoms with Crippen molar-refractivity contribution in [1.82, 2.24) is 0 Å². The molecule has 0 aliphatic heterocycles. The Hall–Kier alpha value is -1.59. The van der Waals surface area contributed by atoms with Crippen LogP contribution in [0.2, 0.25) is 0 Å². The lowest BCUT2D eigenvalue weighted by atomic mass is 10.1. The van der Waals surface area contributed by atoms with Crippen molar-refractivity contribution in [2.45, 2.75) is 38.9 Å². The molecule has 1 aromatic rings. The van der Waals surface area contributed by atoms with E-state index in [0.717, 1.165) is 5.56 Å². The van der Waals surface area contributed by atoms with Crippen molar-refractivity contribution in [3.8, 4) is 0 Å². The maximum Gasteiger partial charge on any atom is 0.412 e. The monoisotopic (exact) mass is 266 g/mol. The number of hydrogen-bond donors (Lipinski definition) is 3. The molecule has 0 saturated carbocycles. The minimum absolute atomic E-state index is 0.181. The molecule has 1 rings (SSSR count). The molecule has 106 valence electrons. The largest absolute Gasteiger partial charge is 0.444 e. The summed E-state index contributed by atoms with van der Waals surface area (Å²) in [4.78, 5) is 11.7. The van der Waals surface area contributed by atoms with Crippen LogP contribution in [-0.4, -0.2) is 29.4 Å². The molecule has 0 bridgehead atoms. The molecular formula is C14H22N2O3. The van der Waals surface area contributed by atoms with Gasteiger partial charge in [0.2, 0.25) is 0 Å². The molecule has 1 unspecified atom stereocenters. The summed E-state index contributed by atoms with van der Waals surface area (Å²) < 4.78 is 5.19. The van der Waals surface area contributed by atoms with Crippen LogP contribution in [0.4, 0.5) is 10.5 Å². The van der Waals surface area contributed by atoms with Gasteiger partial charge in [-0.15, -0.1) is 0 Å². The number of benzene rings is 1. The van der Waals surface area contributed by atoms with Gasteiger partial charge in [0, 0.05) is 18.7 Å². The lowest BCUT2D eigenvalue weighted by molar-refractivity contribution is 0.0635. The summed E-state index contributed by atoms with van der Waals surface area (Å²) in [7, 11) is 0. The van der Waals surface area contributed by atoms with Crippen molar-refractivity contribution in [1.29, 1.82) is 0 Å². The normalized spacial score (nSPS) is 12.9. The van der Waals surface area contributed by atoms with E-state index in [9.17, 15) is 9.90 Å². The van der Waals surface area contributed by atoms with Gasteiger partial charge in [0.25, 0.3) is 0 Å². The Labute approximate surface area is 113 Å².